The van der Waals surface area contributed by atoms with Crippen LogP contribution in [-0.2, 0) is 0 Å². The van der Waals surface area contributed by atoms with E-state index in [0.717, 1.165) is 18.8 Å². The summed E-state index contributed by atoms with van der Waals surface area (Å²) in [4.78, 5) is 2.29. The molecule has 0 heterocycles. The van der Waals surface area contributed by atoms with E-state index in [0.29, 0.717) is 6.04 Å². The van der Waals surface area contributed by atoms with Crippen molar-refractivity contribution in [1.29, 1.82) is 0 Å². The number of anilines is 1. The lowest BCUT2D eigenvalue weighted by Crippen LogP contribution is -2.41. The number of hydrogen-bond acceptors (Lipinski definition) is 3. The van der Waals surface area contributed by atoms with Gasteiger partial charge in [0.15, 0.2) is 0 Å². The maximum Gasteiger partial charge on any atom is 0.119 e. The van der Waals surface area contributed by atoms with Crippen LogP contribution in [0.4, 0.5) is 5.69 Å². The Labute approximate surface area is 118 Å². The fraction of sp³-hybridized carbons (Fsp3) is 0.625. The highest BCUT2D eigenvalue weighted by molar-refractivity contribution is 5.48. The lowest BCUT2D eigenvalue weighted by atomic mass is 9.92. The summed E-state index contributed by atoms with van der Waals surface area (Å²) in [5.41, 5.74) is 1.46. The predicted molar refractivity (Wildman–Crippen MR) is 83.2 cm³/mol. The molecule has 1 rings (SSSR count). The normalized spacial score (nSPS) is 11.7. The van der Waals surface area contributed by atoms with Crippen molar-refractivity contribution in [3.8, 4) is 5.75 Å². The Bertz CT molecular complexity index is 371. The van der Waals surface area contributed by atoms with Gasteiger partial charge < -0.3 is 15.0 Å². The molecule has 0 atom stereocenters. The van der Waals surface area contributed by atoms with Crippen LogP contribution in [0.2, 0.25) is 0 Å². The average molecular weight is 264 g/mol. The fourth-order valence-corrected chi connectivity index (χ4v) is 2.11. The molecule has 0 bridgehead atoms. The van der Waals surface area contributed by atoms with E-state index in [4.69, 9.17) is 4.74 Å². The molecule has 0 unspecified atom stereocenters. The molecule has 3 nitrogen and oxygen atoms in total. The molecule has 0 aliphatic carbocycles. The van der Waals surface area contributed by atoms with Gasteiger partial charge in [0.2, 0.25) is 0 Å². The minimum atomic E-state index is 0.235. The summed E-state index contributed by atoms with van der Waals surface area (Å²) in [5, 5.41) is 3.51. The third kappa shape index (κ3) is 5.52. The third-order valence-corrected chi connectivity index (χ3v) is 3.17. The third-order valence-electron chi connectivity index (χ3n) is 3.17. The number of nitrogens with one attached hydrogen (secondary N) is 1. The van der Waals surface area contributed by atoms with Crippen molar-refractivity contribution in [3.05, 3.63) is 24.3 Å². The Morgan fingerprint density at radius 2 is 1.79 bits per heavy atom. The molecule has 19 heavy (non-hydrogen) atoms. The SMILES string of the molecule is COc1ccc(N(C)CC(C)(C)CNC(C)C)cc1. The van der Waals surface area contributed by atoms with Gasteiger partial charge in [-0.2, -0.15) is 0 Å². The molecule has 0 saturated heterocycles. The summed E-state index contributed by atoms with van der Waals surface area (Å²) in [6, 6.07) is 8.75. The number of ether oxygens (including phenoxy) is 1. The molecule has 0 saturated carbocycles. The van der Waals surface area contributed by atoms with Crippen molar-refractivity contribution >= 4 is 5.69 Å². The zero-order valence-corrected chi connectivity index (χ0v) is 13.2. The Morgan fingerprint density at radius 1 is 1.21 bits per heavy atom. The van der Waals surface area contributed by atoms with Crippen LogP contribution in [0.15, 0.2) is 24.3 Å². The van der Waals surface area contributed by atoms with E-state index >= 15 is 0 Å². The van der Waals surface area contributed by atoms with Crippen LogP contribution in [0.25, 0.3) is 0 Å². The molecule has 0 amide bonds. The van der Waals surface area contributed by atoms with E-state index < -0.39 is 0 Å². The first-order chi connectivity index (χ1) is 8.84. The van der Waals surface area contributed by atoms with Gasteiger partial charge in [0, 0.05) is 31.9 Å². The number of methoxy groups -OCH3 is 1. The minimum absolute atomic E-state index is 0.235. The van der Waals surface area contributed by atoms with Gasteiger partial charge in [-0.25, -0.2) is 0 Å². The molecular weight excluding hydrogens is 236 g/mol. The zero-order chi connectivity index (χ0) is 14.5. The highest BCUT2D eigenvalue weighted by atomic mass is 16.5. The van der Waals surface area contributed by atoms with Crippen molar-refractivity contribution in [2.24, 2.45) is 5.41 Å². The van der Waals surface area contributed by atoms with Crippen LogP contribution < -0.4 is 15.0 Å². The first-order valence-corrected chi connectivity index (χ1v) is 6.92. The Kier molecular flexibility index (Phi) is 5.67. The molecule has 1 aromatic carbocycles. The second-order valence-corrected chi connectivity index (χ2v) is 6.25. The summed E-state index contributed by atoms with van der Waals surface area (Å²) in [6.07, 6.45) is 0. The van der Waals surface area contributed by atoms with Gasteiger partial charge in [-0.05, 0) is 29.7 Å². The fourth-order valence-electron chi connectivity index (χ4n) is 2.11. The highest BCUT2D eigenvalue weighted by Gasteiger charge is 2.20. The summed E-state index contributed by atoms with van der Waals surface area (Å²) in [7, 11) is 3.83. The number of rotatable bonds is 7. The Hall–Kier alpha value is -1.22. The molecule has 0 aliphatic heterocycles. The summed E-state index contributed by atoms with van der Waals surface area (Å²) < 4.78 is 5.19. The van der Waals surface area contributed by atoms with Gasteiger partial charge in [0.05, 0.1) is 7.11 Å². The molecule has 0 aliphatic rings. The molecule has 0 fully saturated rings. The summed E-state index contributed by atoms with van der Waals surface area (Å²) in [6.45, 7) is 11.0. The van der Waals surface area contributed by atoms with E-state index in [1.54, 1.807) is 7.11 Å². The van der Waals surface area contributed by atoms with Gasteiger partial charge in [-0.15, -0.1) is 0 Å². The van der Waals surface area contributed by atoms with Crippen molar-refractivity contribution in [2.75, 3.05) is 32.1 Å². The average Bonchev–Trinajstić information content (AvgIpc) is 2.36. The number of nitrogens with zero attached hydrogens (tertiary/aromatic N) is 1. The molecule has 1 N–H and O–H groups in total. The standard InChI is InChI=1S/C16H28N2O/c1-13(2)17-11-16(3,4)12-18(5)14-7-9-15(19-6)10-8-14/h7-10,13,17H,11-12H2,1-6H3. The van der Waals surface area contributed by atoms with Crippen molar-refractivity contribution in [2.45, 2.75) is 33.7 Å². The number of hydrogen-bond donors (Lipinski definition) is 1. The van der Waals surface area contributed by atoms with Crippen LogP contribution in [0.1, 0.15) is 27.7 Å². The number of benzene rings is 1. The van der Waals surface area contributed by atoms with Crippen molar-refractivity contribution < 1.29 is 4.74 Å². The van der Waals surface area contributed by atoms with Gasteiger partial charge in [0.25, 0.3) is 0 Å². The molecule has 1 aromatic rings. The van der Waals surface area contributed by atoms with E-state index in [1.165, 1.54) is 5.69 Å². The lowest BCUT2D eigenvalue weighted by Gasteiger charge is -2.32. The second kappa shape index (κ2) is 6.80. The summed E-state index contributed by atoms with van der Waals surface area (Å²) >= 11 is 0. The maximum atomic E-state index is 5.19. The van der Waals surface area contributed by atoms with Crippen LogP contribution in [0.3, 0.4) is 0 Å². The van der Waals surface area contributed by atoms with Gasteiger partial charge in [0.1, 0.15) is 5.75 Å². The molecular formula is C16H28N2O. The van der Waals surface area contributed by atoms with Gasteiger partial charge in [-0.1, -0.05) is 27.7 Å². The first kappa shape index (κ1) is 15.8. The predicted octanol–water partition coefficient (Wildman–Crippen LogP) is 3.16. The lowest BCUT2D eigenvalue weighted by molar-refractivity contribution is 0.333. The summed E-state index contributed by atoms with van der Waals surface area (Å²) in [5.74, 6) is 0.901. The Balaban J connectivity index is 2.59. The van der Waals surface area contributed by atoms with Gasteiger partial charge in [-0.3, -0.25) is 0 Å². The molecule has 0 spiro atoms. The van der Waals surface area contributed by atoms with E-state index in [-0.39, 0.29) is 5.41 Å². The quantitative estimate of drug-likeness (QED) is 0.818. The van der Waals surface area contributed by atoms with Crippen molar-refractivity contribution in [1.82, 2.24) is 5.32 Å². The van der Waals surface area contributed by atoms with Gasteiger partial charge >= 0.3 is 0 Å². The zero-order valence-electron chi connectivity index (χ0n) is 13.2. The second-order valence-electron chi connectivity index (χ2n) is 6.25. The molecule has 108 valence electrons. The Morgan fingerprint density at radius 3 is 2.26 bits per heavy atom. The smallest absolute Gasteiger partial charge is 0.119 e. The van der Waals surface area contributed by atoms with E-state index in [9.17, 15) is 0 Å². The van der Waals surface area contributed by atoms with Crippen LogP contribution in [0, 0.1) is 5.41 Å². The molecule has 0 radical (unpaired) electrons. The molecule has 3 heteroatoms. The van der Waals surface area contributed by atoms with E-state index in [1.807, 2.05) is 12.1 Å². The highest BCUT2D eigenvalue weighted by Crippen LogP contribution is 2.22. The maximum absolute atomic E-state index is 5.19. The van der Waals surface area contributed by atoms with E-state index in [2.05, 4.69) is 57.1 Å². The van der Waals surface area contributed by atoms with Crippen LogP contribution in [-0.4, -0.2) is 33.3 Å². The minimum Gasteiger partial charge on any atom is -0.497 e. The largest absolute Gasteiger partial charge is 0.497 e. The first-order valence-electron chi connectivity index (χ1n) is 6.92. The van der Waals surface area contributed by atoms with Crippen LogP contribution in [0.5, 0.6) is 5.75 Å². The topological polar surface area (TPSA) is 24.5 Å². The monoisotopic (exact) mass is 264 g/mol. The van der Waals surface area contributed by atoms with Crippen molar-refractivity contribution in [3.63, 3.8) is 0 Å². The van der Waals surface area contributed by atoms with Crippen LogP contribution >= 0.6 is 0 Å². The molecule has 0 aromatic heterocycles.